The van der Waals surface area contributed by atoms with Crippen molar-refractivity contribution >= 4 is 39.9 Å². The van der Waals surface area contributed by atoms with E-state index in [4.69, 9.17) is 16.3 Å². The summed E-state index contributed by atoms with van der Waals surface area (Å²) in [6, 6.07) is 17.9. The normalized spacial score (nSPS) is 10.7. The Labute approximate surface area is 170 Å². The summed E-state index contributed by atoms with van der Waals surface area (Å²) in [6.45, 7) is -0.436. The van der Waals surface area contributed by atoms with E-state index >= 15 is 0 Å². The van der Waals surface area contributed by atoms with Crippen LogP contribution in [0.1, 0.15) is 10.4 Å². The molecule has 0 saturated heterocycles. The number of amides is 1. The van der Waals surface area contributed by atoms with E-state index in [1.807, 2.05) is 30.3 Å². The molecular weight excluding hydrogens is 392 g/mol. The maximum atomic E-state index is 12.3. The number of aromatic nitrogens is 3. The minimum Gasteiger partial charge on any atom is -0.452 e. The largest absolute Gasteiger partial charge is 0.452 e. The molecule has 0 radical (unpaired) electrons. The smallest absolute Gasteiger partial charge is 0.338 e. The molecule has 0 fully saturated rings. The van der Waals surface area contributed by atoms with E-state index in [1.54, 1.807) is 30.3 Å². The molecule has 1 N–H and O–H groups in total. The second-order valence-electron chi connectivity index (χ2n) is 6.19. The van der Waals surface area contributed by atoms with E-state index in [1.165, 1.54) is 17.3 Å². The van der Waals surface area contributed by atoms with Gasteiger partial charge < -0.3 is 10.1 Å². The van der Waals surface area contributed by atoms with Crippen LogP contribution in [0.2, 0.25) is 5.02 Å². The van der Waals surface area contributed by atoms with Crippen molar-refractivity contribution in [3.63, 3.8) is 0 Å². The number of anilines is 1. The zero-order chi connectivity index (χ0) is 20.2. The van der Waals surface area contributed by atoms with E-state index in [0.717, 1.165) is 10.8 Å². The molecular formula is C21H15ClN4O3. The molecule has 0 unspecified atom stereocenters. The van der Waals surface area contributed by atoms with Crippen LogP contribution < -0.4 is 5.32 Å². The van der Waals surface area contributed by atoms with Gasteiger partial charge in [-0.3, -0.25) is 4.79 Å². The van der Waals surface area contributed by atoms with Crippen molar-refractivity contribution in [2.45, 2.75) is 0 Å². The summed E-state index contributed by atoms with van der Waals surface area (Å²) in [6.07, 6.45) is 2.88. The molecule has 7 nitrogen and oxygen atoms in total. The van der Waals surface area contributed by atoms with Crippen molar-refractivity contribution in [2.24, 2.45) is 0 Å². The number of rotatable bonds is 5. The molecule has 0 saturated carbocycles. The number of esters is 1. The van der Waals surface area contributed by atoms with Crippen LogP contribution in [0.3, 0.4) is 0 Å². The number of hydrogen-bond acceptors (Lipinski definition) is 5. The molecule has 144 valence electrons. The molecule has 1 heterocycles. The summed E-state index contributed by atoms with van der Waals surface area (Å²) in [5.74, 6) is -1.07. The van der Waals surface area contributed by atoms with Gasteiger partial charge in [-0.15, -0.1) is 0 Å². The van der Waals surface area contributed by atoms with Crippen LogP contribution in [0.15, 0.2) is 73.3 Å². The minimum absolute atomic E-state index is 0.377. The second kappa shape index (κ2) is 8.12. The molecule has 0 spiro atoms. The van der Waals surface area contributed by atoms with Gasteiger partial charge in [-0.25, -0.2) is 14.5 Å². The number of hydrogen-bond donors (Lipinski definition) is 1. The Kier molecular flexibility index (Phi) is 5.22. The van der Waals surface area contributed by atoms with Crippen LogP contribution in [0.25, 0.3) is 16.5 Å². The van der Waals surface area contributed by atoms with Crippen LogP contribution in [0, 0.1) is 0 Å². The van der Waals surface area contributed by atoms with Gasteiger partial charge in [-0.05, 0) is 41.1 Å². The fourth-order valence-corrected chi connectivity index (χ4v) is 3.03. The van der Waals surface area contributed by atoms with Crippen LogP contribution in [-0.2, 0) is 9.53 Å². The van der Waals surface area contributed by atoms with Gasteiger partial charge in [0.05, 0.1) is 16.9 Å². The Morgan fingerprint density at radius 1 is 1.03 bits per heavy atom. The first-order valence-corrected chi connectivity index (χ1v) is 9.08. The lowest BCUT2D eigenvalue weighted by Gasteiger charge is -2.11. The fraction of sp³-hybridized carbons (Fsp3) is 0.0476. The molecule has 1 amide bonds. The SMILES string of the molecule is O=C(COC(=O)c1ccc2ccccc2c1)Nc1cc(Cl)ccc1-n1cncn1. The molecule has 0 aliphatic heterocycles. The first-order valence-electron chi connectivity index (χ1n) is 8.70. The first-order chi connectivity index (χ1) is 14.1. The predicted octanol–water partition coefficient (Wildman–Crippen LogP) is 3.87. The molecule has 0 atom stereocenters. The molecule has 0 aliphatic carbocycles. The Morgan fingerprint density at radius 3 is 2.66 bits per heavy atom. The summed E-state index contributed by atoms with van der Waals surface area (Å²) >= 11 is 6.03. The number of fused-ring (bicyclic) bond motifs is 1. The topological polar surface area (TPSA) is 86.1 Å². The molecule has 4 rings (SSSR count). The zero-order valence-electron chi connectivity index (χ0n) is 15.1. The molecule has 0 bridgehead atoms. The van der Waals surface area contributed by atoms with Crippen molar-refractivity contribution in [1.29, 1.82) is 0 Å². The number of nitrogens with one attached hydrogen (secondary N) is 1. The summed E-state index contributed by atoms with van der Waals surface area (Å²) in [5.41, 5.74) is 1.39. The van der Waals surface area contributed by atoms with Crippen molar-refractivity contribution in [3.05, 3.63) is 83.9 Å². The van der Waals surface area contributed by atoms with E-state index in [9.17, 15) is 9.59 Å². The van der Waals surface area contributed by atoms with Crippen LogP contribution >= 0.6 is 11.6 Å². The highest BCUT2D eigenvalue weighted by molar-refractivity contribution is 6.31. The molecule has 1 aromatic heterocycles. The number of carbonyl (C=O) groups is 2. The summed E-state index contributed by atoms with van der Waals surface area (Å²) in [5, 5.41) is 9.11. The molecule has 29 heavy (non-hydrogen) atoms. The number of carbonyl (C=O) groups excluding carboxylic acids is 2. The number of nitrogens with zero attached hydrogens (tertiary/aromatic N) is 3. The number of benzene rings is 3. The van der Waals surface area contributed by atoms with E-state index in [0.29, 0.717) is 22.0 Å². The van der Waals surface area contributed by atoms with Gasteiger partial charge in [0, 0.05) is 5.02 Å². The average Bonchev–Trinajstić information content (AvgIpc) is 3.26. The third-order valence-electron chi connectivity index (χ3n) is 4.22. The number of ether oxygens (including phenoxy) is 1. The van der Waals surface area contributed by atoms with E-state index in [-0.39, 0.29) is 0 Å². The molecule has 3 aromatic carbocycles. The van der Waals surface area contributed by atoms with Gasteiger partial charge in [-0.2, -0.15) is 5.10 Å². The molecule has 0 aliphatic rings. The standard InChI is InChI=1S/C21H15ClN4O3/c22-17-7-8-19(26-13-23-12-24-26)18(10-17)25-20(27)11-29-21(28)16-6-5-14-3-1-2-4-15(14)9-16/h1-10,12-13H,11H2,(H,25,27). The van der Waals surface area contributed by atoms with E-state index in [2.05, 4.69) is 15.4 Å². The van der Waals surface area contributed by atoms with Gasteiger partial charge in [0.25, 0.3) is 5.91 Å². The summed E-state index contributed by atoms with van der Waals surface area (Å²) in [4.78, 5) is 28.5. The molecule has 8 heteroatoms. The van der Waals surface area contributed by atoms with Crippen molar-refractivity contribution in [3.8, 4) is 5.69 Å². The third kappa shape index (κ3) is 4.25. The van der Waals surface area contributed by atoms with Crippen LogP contribution in [0.5, 0.6) is 0 Å². The summed E-state index contributed by atoms with van der Waals surface area (Å²) in [7, 11) is 0. The van der Waals surface area contributed by atoms with Gasteiger partial charge in [0.1, 0.15) is 12.7 Å². The van der Waals surface area contributed by atoms with Gasteiger partial charge in [0.2, 0.25) is 0 Å². The van der Waals surface area contributed by atoms with Crippen molar-refractivity contribution in [1.82, 2.24) is 14.8 Å². The predicted molar refractivity (Wildman–Crippen MR) is 109 cm³/mol. The van der Waals surface area contributed by atoms with Crippen molar-refractivity contribution < 1.29 is 14.3 Å². The highest BCUT2D eigenvalue weighted by Crippen LogP contribution is 2.24. The van der Waals surface area contributed by atoms with Crippen LogP contribution in [-0.4, -0.2) is 33.2 Å². The third-order valence-corrected chi connectivity index (χ3v) is 4.45. The highest BCUT2D eigenvalue weighted by Gasteiger charge is 2.14. The van der Waals surface area contributed by atoms with Gasteiger partial charge in [0.15, 0.2) is 6.61 Å². The average molecular weight is 407 g/mol. The summed E-state index contributed by atoms with van der Waals surface area (Å²) < 4.78 is 6.65. The lowest BCUT2D eigenvalue weighted by Crippen LogP contribution is -2.21. The monoisotopic (exact) mass is 406 g/mol. The zero-order valence-corrected chi connectivity index (χ0v) is 15.8. The fourth-order valence-electron chi connectivity index (χ4n) is 2.86. The lowest BCUT2D eigenvalue weighted by atomic mass is 10.1. The molecule has 4 aromatic rings. The van der Waals surface area contributed by atoms with Crippen molar-refractivity contribution in [2.75, 3.05) is 11.9 Å². The first kappa shape index (κ1) is 18.6. The Morgan fingerprint density at radius 2 is 1.86 bits per heavy atom. The quantitative estimate of drug-likeness (QED) is 0.508. The minimum atomic E-state index is -0.575. The maximum absolute atomic E-state index is 12.3. The van der Waals surface area contributed by atoms with Gasteiger partial charge in [-0.1, -0.05) is 41.9 Å². The highest BCUT2D eigenvalue weighted by atomic mass is 35.5. The second-order valence-corrected chi connectivity index (χ2v) is 6.62. The van der Waals surface area contributed by atoms with E-state index < -0.39 is 18.5 Å². The Hall–Kier alpha value is -3.71. The lowest BCUT2D eigenvalue weighted by molar-refractivity contribution is -0.119. The van der Waals surface area contributed by atoms with Gasteiger partial charge >= 0.3 is 5.97 Å². The van der Waals surface area contributed by atoms with Crippen LogP contribution in [0.4, 0.5) is 5.69 Å². The maximum Gasteiger partial charge on any atom is 0.338 e. The Bertz CT molecular complexity index is 1190. The number of halogens is 1. The Balaban J connectivity index is 1.44.